The van der Waals surface area contributed by atoms with E-state index in [0.29, 0.717) is 16.4 Å². The molecule has 0 fully saturated rings. The summed E-state index contributed by atoms with van der Waals surface area (Å²) in [5.74, 6) is 0.0482. The van der Waals surface area contributed by atoms with Gasteiger partial charge in [-0.3, -0.25) is 9.52 Å². The molecular weight excluding hydrogens is 310 g/mol. The van der Waals surface area contributed by atoms with Crippen LogP contribution in [0.25, 0.3) is 11.0 Å². The van der Waals surface area contributed by atoms with Crippen LogP contribution in [-0.2, 0) is 11.0 Å². The zero-order chi connectivity index (χ0) is 16.4. The van der Waals surface area contributed by atoms with Crippen LogP contribution in [0, 0.1) is 0 Å². The first-order valence-corrected chi connectivity index (χ1v) is 8.51. The van der Waals surface area contributed by atoms with Gasteiger partial charge in [0.05, 0.1) is 4.90 Å². The molecule has 0 bridgehead atoms. The van der Waals surface area contributed by atoms with Crippen LogP contribution >= 0.6 is 0 Å². The summed E-state index contributed by atoms with van der Waals surface area (Å²) in [4.78, 5) is 12.8. The largest absolute Gasteiger partial charge is 0.451 e. The van der Waals surface area contributed by atoms with E-state index in [1.807, 2.05) is 24.3 Å². The van der Waals surface area contributed by atoms with Crippen molar-refractivity contribution in [3.8, 4) is 0 Å². The third kappa shape index (κ3) is 3.35. The molecule has 1 N–H and O–H groups in total. The van der Waals surface area contributed by atoms with Crippen molar-refractivity contribution >= 4 is 27.9 Å². The third-order valence-electron chi connectivity index (χ3n) is 3.58. The molecule has 1 unspecified atom stereocenters. The molecule has 23 heavy (non-hydrogen) atoms. The van der Waals surface area contributed by atoms with Crippen molar-refractivity contribution in [2.75, 3.05) is 0 Å². The first kappa shape index (κ1) is 15.5. The predicted octanol–water partition coefficient (Wildman–Crippen LogP) is 4.01. The van der Waals surface area contributed by atoms with Crippen LogP contribution in [-0.4, -0.2) is 10.1 Å². The van der Waals surface area contributed by atoms with Crippen molar-refractivity contribution in [3.05, 3.63) is 65.9 Å². The molecule has 5 heteroatoms. The minimum atomic E-state index is -1.61. The van der Waals surface area contributed by atoms with Crippen molar-refractivity contribution in [1.29, 1.82) is 0 Å². The van der Waals surface area contributed by atoms with Crippen LogP contribution in [0.3, 0.4) is 0 Å². The summed E-state index contributed by atoms with van der Waals surface area (Å²) < 4.78 is 20.2. The van der Waals surface area contributed by atoms with Gasteiger partial charge in [-0.1, -0.05) is 44.2 Å². The van der Waals surface area contributed by atoms with Gasteiger partial charge in [0.15, 0.2) is 16.7 Å². The Morgan fingerprint density at radius 3 is 2.52 bits per heavy atom. The molecule has 2 aromatic carbocycles. The highest BCUT2D eigenvalue weighted by Crippen LogP contribution is 2.24. The Kier molecular flexibility index (Phi) is 4.30. The highest BCUT2D eigenvalue weighted by Gasteiger charge is 2.16. The molecule has 4 nitrogen and oxygen atoms in total. The molecule has 1 heterocycles. The molecule has 0 saturated carbocycles. The van der Waals surface area contributed by atoms with Gasteiger partial charge in [-0.15, -0.1) is 0 Å². The molecule has 0 radical (unpaired) electrons. The summed E-state index contributed by atoms with van der Waals surface area (Å²) in [5, 5.41) is 0.852. The standard InChI is InChI=1S/C18H17NO3S/c1-12(2)13-8-9-14-11-17(22-16(14)10-13)18(20)19-23(21)15-6-4-3-5-7-15/h3-12H,1-2H3,(H,19,20). The van der Waals surface area contributed by atoms with Crippen molar-refractivity contribution in [2.45, 2.75) is 24.7 Å². The van der Waals surface area contributed by atoms with Gasteiger partial charge in [-0.05, 0) is 35.7 Å². The zero-order valence-corrected chi connectivity index (χ0v) is 13.7. The monoisotopic (exact) mass is 327 g/mol. The Morgan fingerprint density at radius 1 is 1.09 bits per heavy atom. The molecule has 1 amide bonds. The molecule has 0 aliphatic carbocycles. The lowest BCUT2D eigenvalue weighted by Crippen LogP contribution is -2.25. The van der Waals surface area contributed by atoms with Crippen LogP contribution in [0.15, 0.2) is 63.9 Å². The Labute approximate surface area is 137 Å². The van der Waals surface area contributed by atoms with Gasteiger partial charge < -0.3 is 4.42 Å². The number of carbonyl (C=O) groups excluding carboxylic acids is 1. The van der Waals surface area contributed by atoms with E-state index >= 15 is 0 Å². The molecule has 118 valence electrons. The van der Waals surface area contributed by atoms with E-state index in [2.05, 4.69) is 18.6 Å². The van der Waals surface area contributed by atoms with Crippen molar-refractivity contribution in [2.24, 2.45) is 0 Å². The maximum Gasteiger partial charge on any atom is 0.298 e. The van der Waals surface area contributed by atoms with E-state index in [1.54, 1.807) is 30.3 Å². The molecule has 0 aliphatic heterocycles. The predicted molar refractivity (Wildman–Crippen MR) is 90.6 cm³/mol. The van der Waals surface area contributed by atoms with Crippen LogP contribution < -0.4 is 4.72 Å². The lowest BCUT2D eigenvalue weighted by Gasteiger charge is -2.03. The smallest absolute Gasteiger partial charge is 0.298 e. The summed E-state index contributed by atoms with van der Waals surface area (Å²) in [7, 11) is -1.61. The van der Waals surface area contributed by atoms with E-state index in [1.165, 1.54) is 0 Å². The Balaban J connectivity index is 1.82. The van der Waals surface area contributed by atoms with Gasteiger partial charge in [0.1, 0.15) is 5.58 Å². The van der Waals surface area contributed by atoms with Crippen molar-refractivity contribution in [3.63, 3.8) is 0 Å². The number of benzene rings is 2. The van der Waals surface area contributed by atoms with Gasteiger partial charge in [0, 0.05) is 5.39 Å². The summed E-state index contributed by atoms with van der Waals surface area (Å²) in [5.41, 5.74) is 1.80. The minimum absolute atomic E-state index is 0.158. The van der Waals surface area contributed by atoms with E-state index in [4.69, 9.17) is 4.42 Å². The first-order valence-electron chi connectivity index (χ1n) is 7.36. The number of carbonyl (C=O) groups is 1. The summed E-state index contributed by atoms with van der Waals surface area (Å²) >= 11 is 0. The fourth-order valence-electron chi connectivity index (χ4n) is 2.26. The second-order valence-electron chi connectivity index (χ2n) is 5.58. The molecule has 0 spiro atoms. The van der Waals surface area contributed by atoms with Gasteiger partial charge in [-0.25, -0.2) is 4.21 Å². The molecule has 1 aromatic heterocycles. The Bertz CT molecular complexity index is 868. The maximum absolute atomic E-state index is 12.2. The first-order chi connectivity index (χ1) is 11.0. The number of fused-ring (bicyclic) bond motifs is 1. The number of amides is 1. The topological polar surface area (TPSA) is 59.3 Å². The lowest BCUT2D eigenvalue weighted by atomic mass is 10.0. The lowest BCUT2D eigenvalue weighted by molar-refractivity contribution is 0.0958. The summed E-state index contributed by atoms with van der Waals surface area (Å²) in [6.45, 7) is 4.20. The van der Waals surface area contributed by atoms with E-state index in [-0.39, 0.29) is 5.76 Å². The number of hydrogen-bond acceptors (Lipinski definition) is 3. The van der Waals surface area contributed by atoms with E-state index < -0.39 is 16.9 Å². The zero-order valence-electron chi connectivity index (χ0n) is 12.9. The molecule has 3 aromatic rings. The highest BCUT2D eigenvalue weighted by molar-refractivity contribution is 7.83. The van der Waals surface area contributed by atoms with Crippen LogP contribution in [0.2, 0.25) is 0 Å². The number of furan rings is 1. The number of rotatable bonds is 4. The van der Waals surface area contributed by atoms with Gasteiger partial charge in [0.2, 0.25) is 0 Å². The van der Waals surface area contributed by atoms with Crippen LogP contribution in [0.4, 0.5) is 0 Å². The van der Waals surface area contributed by atoms with Crippen LogP contribution in [0.5, 0.6) is 0 Å². The summed E-state index contributed by atoms with van der Waals surface area (Å²) in [6.07, 6.45) is 0. The molecule has 0 aliphatic rings. The average molecular weight is 327 g/mol. The van der Waals surface area contributed by atoms with Gasteiger partial charge >= 0.3 is 0 Å². The third-order valence-corrected chi connectivity index (χ3v) is 4.65. The molecule has 3 rings (SSSR count). The SMILES string of the molecule is CC(C)c1ccc2cc(C(=O)NS(=O)c3ccccc3)oc2c1. The highest BCUT2D eigenvalue weighted by atomic mass is 32.2. The Morgan fingerprint density at radius 2 is 1.83 bits per heavy atom. The van der Waals surface area contributed by atoms with Gasteiger partial charge in [-0.2, -0.15) is 0 Å². The van der Waals surface area contributed by atoms with E-state index in [0.717, 1.165) is 10.9 Å². The van der Waals surface area contributed by atoms with Crippen LogP contribution in [0.1, 0.15) is 35.9 Å². The molecule has 1 atom stereocenters. The fourth-order valence-corrected chi connectivity index (χ4v) is 3.05. The van der Waals surface area contributed by atoms with Crippen molar-refractivity contribution in [1.82, 2.24) is 4.72 Å². The Hall–Kier alpha value is -2.40. The van der Waals surface area contributed by atoms with Crippen molar-refractivity contribution < 1.29 is 13.4 Å². The number of hydrogen-bond donors (Lipinski definition) is 1. The fraction of sp³-hybridized carbons (Fsp3) is 0.167. The second-order valence-corrected chi connectivity index (χ2v) is 6.79. The minimum Gasteiger partial charge on any atom is -0.451 e. The quantitative estimate of drug-likeness (QED) is 0.787. The maximum atomic E-state index is 12.2. The summed E-state index contributed by atoms with van der Waals surface area (Å²) in [6, 6.07) is 16.3. The second kappa shape index (κ2) is 6.38. The van der Waals surface area contributed by atoms with Gasteiger partial charge in [0.25, 0.3) is 5.91 Å². The number of nitrogens with one attached hydrogen (secondary N) is 1. The molecular formula is C18H17NO3S. The molecule has 0 saturated heterocycles. The van der Waals surface area contributed by atoms with E-state index in [9.17, 15) is 9.00 Å². The average Bonchev–Trinajstić information content (AvgIpc) is 2.98. The normalized spacial score (nSPS) is 12.5.